The van der Waals surface area contributed by atoms with Crippen LogP contribution in [-0.4, -0.2) is 23.7 Å². The SMILES string of the molecule is Cc1cc2c(cc1/C=N/NC(=O)c1cc3cc(Cl)ccc3o1)C(C)CC(C)(C)N2C(C)C. The number of furan rings is 1. The van der Waals surface area contributed by atoms with Crippen LogP contribution in [0.25, 0.3) is 11.0 Å². The van der Waals surface area contributed by atoms with E-state index in [1.807, 2.05) is 0 Å². The number of hydrogen-bond donors (Lipinski definition) is 1. The summed E-state index contributed by atoms with van der Waals surface area (Å²) >= 11 is 6.01. The molecule has 1 aliphatic rings. The minimum absolute atomic E-state index is 0.105. The molecular weight excluding hydrogens is 422 g/mol. The molecule has 3 aromatic rings. The average molecular weight is 452 g/mol. The summed E-state index contributed by atoms with van der Waals surface area (Å²) in [6, 6.07) is 11.8. The number of nitrogens with one attached hydrogen (secondary N) is 1. The first-order valence-electron chi connectivity index (χ1n) is 11.0. The third-order valence-corrected chi connectivity index (χ3v) is 6.49. The molecule has 1 unspecified atom stereocenters. The van der Waals surface area contributed by atoms with Crippen LogP contribution >= 0.6 is 11.6 Å². The molecule has 1 aromatic heterocycles. The highest BCUT2D eigenvalue weighted by molar-refractivity contribution is 6.31. The van der Waals surface area contributed by atoms with Gasteiger partial charge in [0.05, 0.1) is 6.21 Å². The van der Waals surface area contributed by atoms with Gasteiger partial charge >= 0.3 is 5.91 Å². The van der Waals surface area contributed by atoms with Crippen molar-refractivity contribution in [3.63, 3.8) is 0 Å². The molecule has 2 heterocycles. The second-order valence-corrected chi connectivity index (χ2v) is 10.1. The number of benzene rings is 2. The van der Waals surface area contributed by atoms with Crippen LogP contribution in [0.3, 0.4) is 0 Å². The van der Waals surface area contributed by atoms with Gasteiger partial charge in [0.25, 0.3) is 0 Å². The Balaban J connectivity index is 1.57. The van der Waals surface area contributed by atoms with Crippen molar-refractivity contribution < 1.29 is 9.21 Å². The lowest BCUT2D eigenvalue weighted by Crippen LogP contribution is -2.51. The summed E-state index contributed by atoms with van der Waals surface area (Å²) in [6.07, 6.45) is 2.80. The van der Waals surface area contributed by atoms with Crippen molar-refractivity contribution in [3.8, 4) is 0 Å². The first kappa shape index (κ1) is 22.4. The number of anilines is 1. The second-order valence-electron chi connectivity index (χ2n) is 9.64. The van der Waals surface area contributed by atoms with Crippen molar-refractivity contribution in [1.29, 1.82) is 0 Å². The maximum absolute atomic E-state index is 12.5. The minimum Gasteiger partial charge on any atom is -0.451 e. The Morgan fingerprint density at radius 3 is 2.75 bits per heavy atom. The molecular formula is C26H30ClN3O2. The van der Waals surface area contributed by atoms with Crippen molar-refractivity contribution in [2.45, 2.75) is 65.5 Å². The fourth-order valence-corrected chi connectivity index (χ4v) is 5.25. The van der Waals surface area contributed by atoms with E-state index in [4.69, 9.17) is 16.0 Å². The number of rotatable bonds is 4. The molecule has 0 bridgehead atoms. The molecule has 0 radical (unpaired) electrons. The van der Waals surface area contributed by atoms with Crippen molar-refractivity contribution in [2.24, 2.45) is 5.10 Å². The van der Waals surface area contributed by atoms with Crippen molar-refractivity contribution in [2.75, 3.05) is 4.90 Å². The van der Waals surface area contributed by atoms with Crippen LogP contribution in [0.1, 0.15) is 74.2 Å². The largest absolute Gasteiger partial charge is 0.451 e. The number of fused-ring (bicyclic) bond motifs is 2. The maximum atomic E-state index is 12.5. The molecule has 2 aromatic carbocycles. The topological polar surface area (TPSA) is 57.8 Å². The summed E-state index contributed by atoms with van der Waals surface area (Å²) in [5.74, 6) is 0.245. The molecule has 32 heavy (non-hydrogen) atoms. The number of halogens is 1. The van der Waals surface area contributed by atoms with Crippen molar-refractivity contribution in [3.05, 3.63) is 63.9 Å². The highest BCUT2D eigenvalue weighted by Crippen LogP contribution is 2.45. The Bertz CT molecular complexity index is 1210. The van der Waals surface area contributed by atoms with E-state index in [1.54, 1.807) is 30.5 Å². The summed E-state index contributed by atoms with van der Waals surface area (Å²) < 4.78 is 5.60. The summed E-state index contributed by atoms with van der Waals surface area (Å²) in [5.41, 5.74) is 8.03. The Kier molecular flexibility index (Phi) is 5.80. The Hall–Kier alpha value is -2.79. The van der Waals surface area contributed by atoms with E-state index < -0.39 is 5.91 Å². The van der Waals surface area contributed by atoms with Gasteiger partial charge in [0.2, 0.25) is 0 Å². The molecule has 0 saturated heterocycles. The van der Waals surface area contributed by atoms with E-state index in [-0.39, 0.29) is 11.3 Å². The van der Waals surface area contributed by atoms with Crippen LogP contribution in [0.5, 0.6) is 0 Å². The van der Waals surface area contributed by atoms with E-state index in [0.29, 0.717) is 22.6 Å². The number of carbonyl (C=O) groups excluding carboxylic acids is 1. The van der Waals surface area contributed by atoms with Crippen molar-refractivity contribution in [1.82, 2.24) is 5.43 Å². The van der Waals surface area contributed by atoms with E-state index in [0.717, 1.165) is 22.9 Å². The summed E-state index contributed by atoms with van der Waals surface area (Å²) in [4.78, 5) is 15.0. The lowest BCUT2D eigenvalue weighted by atomic mass is 9.78. The van der Waals surface area contributed by atoms with Gasteiger partial charge in [0, 0.05) is 27.7 Å². The van der Waals surface area contributed by atoms with Gasteiger partial charge in [-0.2, -0.15) is 5.10 Å². The molecule has 0 spiro atoms. The van der Waals surface area contributed by atoms with Gasteiger partial charge in [-0.3, -0.25) is 4.79 Å². The molecule has 168 valence electrons. The molecule has 0 aliphatic carbocycles. The smallest absolute Gasteiger partial charge is 0.307 e. The number of aryl methyl sites for hydroxylation is 1. The number of hydrazone groups is 1. The predicted molar refractivity (Wildman–Crippen MR) is 132 cm³/mol. The van der Waals surface area contributed by atoms with Crippen LogP contribution < -0.4 is 10.3 Å². The number of carbonyl (C=O) groups is 1. The van der Waals surface area contributed by atoms with Crippen LogP contribution in [-0.2, 0) is 0 Å². The van der Waals surface area contributed by atoms with Crippen LogP contribution in [0.2, 0.25) is 5.02 Å². The van der Waals surface area contributed by atoms with Gasteiger partial charge in [0.15, 0.2) is 5.76 Å². The van der Waals surface area contributed by atoms with Gasteiger partial charge in [-0.1, -0.05) is 18.5 Å². The third kappa shape index (κ3) is 4.14. The number of amides is 1. The standard InChI is InChI=1S/C26H30ClN3O2/c1-15(2)30-22-9-16(3)19(11-21(22)17(4)13-26(30,5)6)14-28-29-25(31)24-12-18-10-20(27)7-8-23(18)32-24/h7-12,14-15,17H,13H2,1-6H3,(H,29,31)/b28-14+. The number of nitrogens with zero attached hydrogens (tertiary/aromatic N) is 2. The zero-order valence-corrected chi connectivity index (χ0v) is 20.2. The fourth-order valence-electron chi connectivity index (χ4n) is 5.07. The molecule has 1 N–H and O–H groups in total. The molecule has 0 fully saturated rings. The van der Waals surface area contributed by atoms with E-state index in [2.05, 4.69) is 69.1 Å². The van der Waals surface area contributed by atoms with Gasteiger partial charge in [-0.05, 0) is 100 Å². The molecule has 5 nitrogen and oxygen atoms in total. The maximum Gasteiger partial charge on any atom is 0.307 e. The minimum atomic E-state index is -0.398. The second kappa shape index (κ2) is 8.28. The van der Waals surface area contributed by atoms with Crippen molar-refractivity contribution >= 4 is 40.4 Å². The van der Waals surface area contributed by atoms with Crippen LogP contribution in [0.15, 0.2) is 45.9 Å². The molecule has 0 saturated carbocycles. The Morgan fingerprint density at radius 1 is 1.28 bits per heavy atom. The third-order valence-electron chi connectivity index (χ3n) is 6.25. The normalized spacial score (nSPS) is 17.9. The first-order valence-corrected chi connectivity index (χ1v) is 11.4. The summed E-state index contributed by atoms with van der Waals surface area (Å²) in [6.45, 7) is 13.5. The zero-order chi connectivity index (χ0) is 23.2. The van der Waals surface area contributed by atoms with E-state index in [9.17, 15) is 4.79 Å². The lowest BCUT2D eigenvalue weighted by molar-refractivity contribution is 0.0929. The molecule has 4 rings (SSSR count). The van der Waals surface area contributed by atoms with Crippen LogP contribution in [0, 0.1) is 6.92 Å². The average Bonchev–Trinajstić information content (AvgIpc) is 3.11. The lowest BCUT2D eigenvalue weighted by Gasteiger charge is -2.50. The molecule has 6 heteroatoms. The Morgan fingerprint density at radius 2 is 2.03 bits per heavy atom. The van der Waals surface area contributed by atoms with Crippen LogP contribution in [0.4, 0.5) is 5.69 Å². The monoisotopic (exact) mass is 451 g/mol. The highest BCUT2D eigenvalue weighted by Gasteiger charge is 2.37. The van der Waals surface area contributed by atoms with Gasteiger partial charge in [0.1, 0.15) is 5.58 Å². The number of hydrogen-bond acceptors (Lipinski definition) is 4. The van der Waals surface area contributed by atoms with E-state index >= 15 is 0 Å². The fraction of sp³-hybridized carbons (Fsp3) is 0.385. The Labute approximate surface area is 194 Å². The van der Waals surface area contributed by atoms with E-state index in [1.165, 1.54) is 11.3 Å². The molecule has 1 atom stereocenters. The molecule has 1 amide bonds. The summed E-state index contributed by atoms with van der Waals surface area (Å²) in [5, 5.41) is 5.58. The quantitative estimate of drug-likeness (QED) is 0.356. The van der Waals surface area contributed by atoms with Gasteiger partial charge < -0.3 is 9.32 Å². The highest BCUT2D eigenvalue weighted by atomic mass is 35.5. The zero-order valence-electron chi connectivity index (χ0n) is 19.5. The van der Waals surface area contributed by atoms with Gasteiger partial charge in [-0.25, -0.2) is 5.43 Å². The first-order chi connectivity index (χ1) is 15.1. The van der Waals surface area contributed by atoms with Gasteiger partial charge in [-0.15, -0.1) is 0 Å². The summed E-state index contributed by atoms with van der Waals surface area (Å²) in [7, 11) is 0. The molecule has 1 aliphatic heterocycles. The predicted octanol–water partition coefficient (Wildman–Crippen LogP) is 6.66.